The van der Waals surface area contributed by atoms with Crippen LogP contribution in [0.25, 0.3) is 11.1 Å². The number of benzene rings is 2. The van der Waals surface area contributed by atoms with E-state index in [9.17, 15) is 10.2 Å². The smallest absolute Gasteiger partial charge is 0.122 e. The summed E-state index contributed by atoms with van der Waals surface area (Å²) in [6.45, 7) is 13.2. The molecule has 178 valence electrons. The summed E-state index contributed by atoms with van der Waals surface area (Å²) in [5, 5.41) is 22.4. The van der Waals surface area contributed by atoms with E-state index in [1.54, 1.807) is 0 Å². The second-order valence-corrected chi connectivity index (χ2v) is 9.28. The number of rotatable bonds is 13. The summed E-state index contributed by atoms with van der Waals surface area (Å²) >= 11 is 0. The third kappa shape index (κ3) is 5.69. The summed E-state index contributed by atoms with van der Waals surface area (Å²) in [5.41, 5.74) is 9.70. The first-order valence-corrected chi connectivity index (χ1v) is 13.2. The minimum Gasteiger partial charge on any atom is -0.507 e. The van der Waals surface area contributed by atoms with Gasteiger partial charge in [-0.2, -0.15) is 0 Å². The molecule has 2 aromatic carbocycles. The van der Waals surface area contributed by atoms with Crippen molar-refractivity contribution in [2.75, 3.05) is 0 Å². The molecule has 0 radical (unpaired) electrons. The molecule has 0 aliphatic rings. The molecule has 2 heteroatoms. The summed E-state index contributed by atoms with van der Waals surface area (Å²) in [6, 6.07) is 4.56. The highest BCUT2D eigenvalue weighted by Crippen LogP contribution is 2.42. The van der Waals surface area contributed by atoms with Crippen molar-refractivity contribution in [3.05, 3.63) is 45.5 Å². The molecule has 2 aromatic rings. The molecule has 0 aromatic heterocycles. The summed E-state index contributed by atoms with van der Waals surface area (Å²) in [5.74, 6) is 1.05. The van der Waals surface area contributed by atoms with Gasteiger partial charge in [-0.05, 0) is 95.2 Å². The zero-order chi connectivity index (χ0) is 23.7. The topological polar surface area (TPSA) is 40.5 Å². The Morgan fingerprint density at radius 2 is 0.719 bits per heavy atom. The van der Waals surface area contributed by atoms with Gasteiger partial charge in [0.25, 0.3) is 0 Å². The van der Waals surface area contributed by atoms with E-state index in [0.29, 0.717) is 11.5 Å². The van der Waals surface area contributed by atoms with E-state index in [2.05, 4.69) is 53.7 Å². The van der Waals surface area contributed by atoms with Gasteiger partial charge in [-0.1, -0.05) is 80.1 Å². The van der Waals surface area contributed by atoms with Crippen LogP contribution < -0.4 is 0 Å². The SMILES string of the molecule is CCCc1cc(-c2cc(CCC)c(O)c(CCC)c2CCC)c(CCC)c(CCC)c1O. The van der Waals surface area contributed by atoms with Crippen molar-refractivity contribution in [2.24, 2.45) is 0 Å². The van der Waals surface area contributed by atoms with E-state index in [0.717, 1.165) is 99.3 Å². The van der Waals surface area contributed by atoms with E-state index in [-0.39, 0.29) is 0 Å². The Morgan fingerprint density at radius 3 is 1.00 bits per heavy atom. The molecule has 0 fully saturated rings. The van der Waals surface area contributed by atoms with Gasteiger partial charge < -0.3 is 10.2 Å². The molecule has 0 saturated carbocycles. The normalized spacial score (nSPS) is 11.3. The van der Waals surface area contributed by atoms with Crippen LogP contribution in [0.2, 0.25) is 0 Å². The van der Waals surface area contributed by atoms with Gasteiger partial charge in [-0.15, -0.1) is 0 Å². The van der Waals surface area contributed by atoms with Crippen molar-refractivity contribution in [2.45, 2.75) is 119 Å². The highest BCUT2D eigenvalue weighted by molar-refractivity contribution is 5.78. The van der Waals surface area contributed by atoms with Crippen molar-refractivity contribution in [1.82, 2.24) is 0 Å². The fourth-order valence-electron chi connectivity index (χ4n) is 5.17. The Hall–Kier alpha value is -1.96. The Kier molecular flexibility index (Phi) is 10.6. The van der Waals surface area contributed by atoms with Crippen LogP contribution in [0.1, 0.15) is 113 Å². The summed E-state index contributed by atoms with van der Waals surface area (Å²) in [6.07, 6.45) is 11.8. The first-order valence-electron chi connectivity index (χ1n) is 13.2. The van der Waals surface area contributed by atoms with Crippen LogP contribution in [0, 0.1) is 0 Å². The predicted molar refractivity (Wildman–Crippen MR) is 139 cm³/mol. The minimum atomic E-state index is 0.527. The summed E-state index contributed by atoms with van der Waals surface area (Å²) < 4.78 is 0. The molecule has 0 aliphatic heterocycles. The predicted octanol–water partition coefficient (Wildman–Crippen LogP) is 8.48. The number of phenols is 2. The van der Waals surface area contributed by atoms with E-state index in [4.69, 9.17) is 0 Å². The van der Waals surface area contributed by atoms with Gasteiger partial charge >= 0.3 is 0 Å². The van der Waals surface area contributed by atoms with Crippen LogP contribution in [0.5, 0.6) is 11.5 Å². The lowest BCUT2D eigenvalue weighted by Crippen LogP contribution is -2.06. The van der Waals surface area contributed by atoms with Gasteiger partial charge in [0, 0.05) is 0 Å². The van der Waals surface area contributed by atoms with Crippen molar-refractivity contribution in [3.63, 3.8) is 0 Å². The maximum absolute atomic E-state index is 11.2. The molecule has 0 spiro atoms. The Bertz CT molecular complexity index is 806. The number of aromatic hydroxyl groups is 2. The summed E-state index contributed by atoms with van der Waals surface area (Å²) in [7, 11) is 0. The lowest BCUT2D eigenvalue weighted by Gasteiger charge is -2.24. The largest absolute Gasteiger partial charge is 0.507 e. The fraction of sp³-hybridized carbons (Fsp3) is 0.600. The van der Waals surface area contributed by atoms with Crippen LogP contribution in [-0.4, -0.2) is 10.2 Å². The van der Waals surface area contributed by atoms with Gasteiger partial charge in [-0.25, -0.2) is 0 Å². The zero-order valence-corrected chi connectivity index (χ0v) is 21.5. The second kappa shape index (κ2) is 12.9. The molecular formula is C30H46O2. The average molecular weight is 439 g/mol. The third-order valence-electron chi connectivity index (χ3n) is 6.52. The number of hydrogen-bond acceptors (Lipinski definition) is 2. The number of phenolic OH excluding ortho intramolecular Hbond substituents is 2. The maximum atomic E-state index is 11.2. The van der Waals surface area contributed by atoms with Crippen molar-refractivity contribution in [1.29, 1.82) is 0 Å². The molecule has 0 aliphatic carbocycles. The lowest BCUT2D eigenvalue weighted by atomic mass is 9.81. The fourth-order valence-corrected chi connectivity index (χ4v) is 5.17. The molecule has 0 atom stereocenters. The van der Waals surface area contributed by atoms with Crippen molar-refractivity contribution >= 4 is 0 Å². The highest BCUT2D eigenvalue weighted by atomic mass is 16.3. The van der Waals surface area contributed by atoms with Gasteiger partial charge in [0.1, 0.15) is 11.5 Å². The van der Waals surface area contributed by atoms with Gasteiger partial charge in [0.15, 0.2) is 0 Å². The highest BCUT2D eigenvalue weighted by Gasteiger charge is 2.23. The molecule has 2 rings (SSSR count). The quantitative estimate of drug-likeness (QED) is 0.329. The van der Waals surface area contributed by atoms with E-state index >= 15 is 0 Å². The van der Waals surface area contributed by atoms with Crippen LogP contribution in [0.4, 0.5) is 0 Å². The van der Waals surface area contributed by atoms with Crippen LogP contribution in [0.15, 0.2) is 12.1 Å². The maximum Gasteiger partial charge on any atom is 0.122 e. The zero-order valence-electron chi connectivity index (χ0n) is 21.5. The Labute approximate surface area is 197 Å². The van der Waals surface area contributed by atoms with Crippen molar-refractivity contribution in [3.8, 4) is 22.6 Å². The van der Waals surface area contributed by atoms with Crippen LogP contribution in [-0.2, 0) is 38.5 Å². The van der Waals surface area contributed by atoms with E-state index in [1.807, 2.05) is 0 Å². The standard InChI is InChI=1S/C30H46O2/c1-7-13-21-19-27(23(15-9-3)25(17-11-5)29(21)31)28-20-22(14-8-2)30(32)26(18-12-6)24(28)16-10-4/h19-20,31-32H,7-18H2,1-6H3. The van der Waals surface area contributed by atoms with E-state index < -0.39 is 0 Å². The monoisotopic (exact) mass is 438 g/mol. The van der Waals surface area contributed by atoms with Gasteiger partial charge in [0.05, 0.1) is 0 Å². The van der Waals surface area contributed by atoms with Gasteiger partial charge in [-0.3, -0.25) is 0 Å². The van der Waals surface area contributed by atoms with Gasteiger partial charge in [0.2, 0.25) is 0 Å². The summed E-state index contributed by atoms with van der Waals surface area (Å²) in [4.78, 5) is 0. The molecule has 0 unspecified atom stereocenters. The third-order valence-corrected chi connectivity index (χ3v) is 6.52. The van der Waals surface area contributed by atoms with E-state index in [1.165, 1.54) is 22.3 Å². The van der Waals surface area contributed by atoms with Crippen LogP contribution in [0.3, 0.4) is 0 Å². The molecule has 0 amide bonds. The molecule has 0 saturated heterocycles. The molecule has 2 N–H and O–H groups in total. The second-order valence-electron chi connectivity index (χ2n) is 9.28. The molecule has 0 bridgehead atoms. The first kappa shape index (κ1) is 26.3. The van der Waals surface area contributed by atoms with Crippen LogP contribution >= 0.6 is 0 Å². The van der Waals surface area contributed by atoms with Crippen molar-refractivity contribution < 1.29 is 10.2 Å². The first-order chi connectivity index (χ1) is 15.5. The average Bonchev–Trinajstić information content (AvgIpc) is 2.77. The number of hydrogen-bond donors (Lipinski definition) is 2. The molecular weight excluding hydrogens is 392 g/mol. The Balaban J connectivity index is 2.97. The lowest BCUT2D eigenvalue weighted by molar-refractivity contribution is 0.457. The Morgan fingerprint density at radius 1 is 0.438 bits per heavy atom. The molecule has 32 heavy (non-hydrogen) atoms. The molecule has 2 nitrogen and oxygen atoms in total. The minimum absolute atomic E-state index is 0.527. The number of aryl methyl sites for hydroxylation is 2. The molecule has 0 heterocycles.